The summed E-state index contributed by atoms with van der Waals surface area (Å²) in [6.07, 6.45) is 0. The third-order valence-electron chi connectivity index (χ3n) is 10.6. The zero-order valence-corrected chi connectivity index (χ0v) is 30.1. The van der Waals surface area contributed by atoms with E-state index in [0.717, 1.165) is 93.9 Å². The highest BCUT2D eigenvalue weighted by Crippen LogP contribution is 2.45. The standard InChI is InChI=1S/C51H31N3O2/c1-5-14-32(15-6-1)36-24-26-40-41-27-25-37(31-45(41)55-44(40)30-36)38-22-13-23-42-46-43(29-28-39(48(46)56-47(38)42)33-16-7-2-8-17-33)51-53-49(34-18-9-3-10-19-34)52-50(54-51)35-20-11-4-12-21-35/h1-31H. The Bertz CT molecular complexity index is 3170. The quantitative estimate of drug-likeness (QED) is 0.171. The van der Waals surface area contributed by atoms with Crippen LogP contribution in [0.25, 0.3) is 111 Å². The number of hydrogen-bond acceptors (Lipinski definition) is 5. The minimum absolute atomic E-state index is 0.578. The molecule has 0 saturated carbocycles. The normalized spacial score (nSPS) is 11.6. The Kier molecular flexibility index (Phi) is 7.42. The van der Waals surface area contributed by atoms with Crippen LogP contribution < -0.4 is 0 Å². The second-order valence-corrected chi connectivity index (χ2v) is 13.9. The summed E-state index contributed by atoms with van der Waals surface area (Å²) in [5.41, 5.74) is 12.3. The highest BCUT2D eigenvalue weighted by atomic mass is 16.3. The molecule has 0 unspecified atom stereocenters. The van der Waals surface area contributed by atoms with Crippen LogP contribution in [0.1, 0.15) is 0 Å². The number of fused-ring (bicyclic) bond motifs is 6. The number of benzene rings is 8. The van der Waals surface area contributed by atoms with E-state index < -0.39 is 0 Å². The molecule has 5 heteroatoms. The first-order valence-electron chi connectivity index (χ1n) is 18.7. The summed E-state index contributed by atoms with van der Waals surface area (Å²) < 4.78 is 13.6. The Labute approximate surface area is 322 Å². The first-order chi connectivity index (χ1) is 27.7. The van der Waals surface area contributed by atoms with Gasteiger partial charge < -0.3 is 8.83 Å². The first kappa shape index (κ1) is 31.9. The lowest BCUT2D eigenvalue weighted by molar-refractivity contribution is 0.668. The van der Waals surface area contributed by atoms with Crippen molar-refractivity contribution in [3.63, 3.8) is 0 Å². The Morgan fingerprint density at radius 3 is 1.41 bits per heavy atom. The van der Waals surface area contributed by atoms with Crippen LogP contribution in [0.2, 0.25) is 0 Å². The lowest BCUT2D eigenvalue weighted by Crippen LogP contribution is -2.00. The van der Waals surface area contributed by atoms with Gasteiger partial charge in [0.15, 0.2) is 17.5 Å². The summed E-state index contributed by atoms with van der Waals surface area (Å²) in [6, 6.07) is 64.4. The van der Waals surface area contributed by atoms with Gasteiger partial charge in [0.2, 0.25) is 0 Å². The maximum absolute atomic E-state index is 7.05. The maximum atomic E-state index is 7.05. The minimum Gasteiger partial charge on any atom is -0.456 e. The fourth-order valence-corrected chi connectivity index (χ4v) is 7.84. The fraction of sp³-hybridized carbons (Fsp3) is 0. The summed E-state index contributed by atoms with van der Waals surface area (Å²) in [5, 5.41) is 4.09. The second-order valence-electron chi connectivity index (χ2n) is 13.9. The van der Waals surface area contributed by atoms with E-state index in [1.807, 2.05) is 72.8 Å². The molecule has 11 aromatic rings. The number of furan rings is 2. The molecule has 0 bridgehead atoms. The lowest BCUT2D eigenvalue weighted by Gasteiger charge is -2.10. The Balaban J connectivity index is 1.13. The molecule has 56 heavy (non-hydrogen) atoms. The van der Waals surface area contributed by atoms with Crippen molar-refractivity contribution >= 4 is 43.9 Å². The molecule has 8 aromatic carbocycles. The number of aromatic nitrogens is 3. The summed E-state index contributed by atoms with van der Waals surface area (Å²) >= 11 is 0. The van der Waals surface area contributed by atoms with E-state index in [0.29, 0.717) is 17.5 Å². The van der Waals surface area contributed by atoms with E-state index in [4.69, 9.17) is 23.8 Å². The van der Waals surface area contributed by atoms with E-state index in [9.17, 15) is 0 Å². The second kappa shape index (κ2) is 13.0. The number of hydrogen-bond donors (Lipinski definition) is 0. The van der Waals surface area contributed by atoms with Crippen molar-refractivity contribution in [2.45, 2.75) is 0 Å². The van der Waals surface area contributed by atoms with E-state index in [1.165, 1.54) is 0 Å². The van der Waals surface area contributed by atoms with Gasteiger partial charge in [-0.05, 0) is 58.7 Å². The number of nitrogens with zero attached hydrogens (tertiary/aromatic N) is 3. The van der Waals surface area contributed by atoms with Crippen molar-refractivity contribution < 1.29 is 8.83 Å². The smallest absolute Gasteiger partial charge is 0.164 e. The molecular formula is C51H31N3O2. The topological polar surface area (TPSA) is 65.0 Å². The Morgan fingerprint density at radius 2 is 0.786 bits per heavy atom. The largest absolute Gasteiger partial charge is 0.456 e. The molecule has 5 nitrogen and oxygen atoms in total. The van der Waals surface area contributed by atoms with Crippen LogP contribution in [0, 0.1) is 0 Å². The highest BCUT2D eigenvalue weighted by molar-refractivity contribution is 6.18. The minimum atomic E-state index is 0.578. The van der Waals surface area contributed by atoms with Crippen LogP contribution >= 0.6 is 0 Å². The van der Waals surface area contributed by atoms with Crippen LogP contribution in [-0.2, 0) is 0 Å². The van der Waals surface area contributed by atoms with Crippen LogP contribution in [0.15, 0.2) is 197 Å². The van der Waals surface area contributed by atoms with Gasteiger partial charge in [-0.1, -0.05) is 152 Å². The van der Waals surface area contributed by atoms with Crippen molar-refractivity contribution in [3.8, 4) is 67.5 Å². The van der Waals surface area contributed by atoms with Crippen LogP contribution in [-0.4, -0.2) is 15.0 Å². The molecule has 0 fully saturated rings. The third-order valence-corrected chi connectivity index (χ3v) is 10.6. The van der Waals surface area contributed by atoms with Crippen LogP contribution in [0.4, 0.5) is 0 Å². The lowest BCUT2D eigenvalue weighted by atomic mass is 9.96. The average molecular weight is 718 g/mol. The molecule has 0 radical (unpaired) electrons. The predicted molar refractivity (Wildman–Crippen MR) is 227 cm³/mol. The predicted octanol–water partition coefficient (Wildman–Crippen LogP) is 13.7. The number of para-hydroxylation sites is 1. The van der Waals surface area contributed by atoms with Crippen molar-refractivity contribution in [3.05, 3.63) is 188 Å². The molecule has 0 aliphatic heterocycles. The molecule has 262 valence electrons. The van der Waals surface area contributed by atoms with Gasteiger partial charge in [-0.15, -0.1) is 0 Å². The Morgan fingerprint density at radius 1 is 0.286 bits per heavy atom. The van der Waals surface area contributed by atoms with Crippen molar-refractivity contribution in [2.75, 3.05) is 0 Å². The zero-order chi connectivity index (χ0) is 37.0. The van der Waals surface area contributed by atoms with Gasteiger partial charge in [-0.3, -0.25) is 0 Å². The molecule has 0 aliphatic rings. The average Bonchev–Trinajstić information content (AvgIpc) is 3.85. The van der Waals surface area contributed by atoms with Crippen LogP contribution in [0.5, 0.6) is 0 Å². The van der Waals surface area contributed by atoms with Gasteiger partial charge in [0.25, 0.3) is 0 Å². The molecule has 11 rings (SSSR count). The van der Waals surface area contributed by atoms with Gasteiger partial charge in [0.05, 0.1) is 0 Å². The molecular weight excluding hydrogens is 687 g/mol. The summed E-state index contributed by atoms with van der Waals surface area (Å²) in [5.74, 6) is 1.80. The molecule has 0 aliphatic carbocycles. The fourth-order valence-electron chi connectivity index (χ4n) is 7.84. The van der Waals surface area contributed by atoms with E-state index in [1.54, 1.807) is 0 Å². The Hall–Kier alpha value is -7.63. The molecule has 0 atom stereocenters. The zero-order valence-electron chi connectivity index (χ0n) is 30.1. The first-order valence-corrected chi connectivity index (χ1v) is 18.7. The molecule has 3 heterocycles. The van der Waals surface area contributed by atoms with Crippen LogP contribution in [0.3, 0.4) is 0 Å². The molecule has 0 amide bonds. The molecule has 0 saturated heterocycles. The van der Waals surface area contributed by atoms with Gasteiger partial charge in [0.1, 0.15) is 22.3 Å². The van der Waals surface area contributed by atoms with Gasteiger partial charge in [-0.25, -0.2) is 15.0 Å². The third kappa shape index (κ3) is 5.37. The van der Waals surface area contributed by atoms with E-state index in [-0.39, 0.29) is 0 Å². The van der Waals surface area contributed by atoms with E-state index in [2.05, 4.69) is 115 Å². The summed E-state index contributed by atoms with van der Waals surface area (Å²) in [4.78, 5) is 15.2. The summed E-state index contributed by atoms with van der Waals surface area (Å²) in [6.45, 7) is 0. The summed E-state index contributed by atoms with van der Waals surface area (Å²) in [7, 11) is 0. The monoisotopic (exact) mass is 717 g/mol. The van der Waals surface area contributed by atoms with Crippen molar-refractivity contribution in [1.82, 2.24) is 15.0 Å². The van der Waals surface area contributed by atoms with Gasteiger partial charge in [0, 0.05) is 49.4 Å². The molecule has 0 N–H and O–H groups in total. The maximum Gasteiger partial charge on any atom is 0.164 e. The highest BCUT2D eigenvalue weighted by Gasteiger charge is 2.23. The van der Waals surface area contributed by atoms with Gasteiger partial charge >= 0.3 is 0 Å². The SMILES string of the molecule is c1ccc(-c2ccc3c(c2)oc2cc(-c4cccc5c4oc4c(-c6ccccc6)ccc(-c6nc(-c7ccccc7)nc(-c7ccccc7)n6)c45)ccc23)cc1. The number of rotatable bonds is 6. The van der Waals surface area contributed by atoms with E-state index >= 15 is 0 Å². The van der Waals surface area contributed by atoms with Crippen molar-refractivity contribution in [1.29, 1.82) is 0 Å². The van der Waals surface area contributed by atoms with Crippen molar-refractivity contribution in [2.24, 2.45) is 0 Å². The molecule has 0 spiro atoms. The molecule has 3 aromatic heterocycles. The van der Waals surface area contributed by atoms with Gasteiger partial charge in [-0.2, -0.15) is 0 Å².